The number of aliphatic hydroxyl groups is 1. The van der Waals surface area contributed by atoms with E-state index >= 15 is 0 Å². The number of hydrogen-bond acceptors (Lipinski definition) is 6. The Kier molecular flexibility index (Phi) is 7.11. The van der Waals surface area contributed by atoms with Crippen LogP contribution in [0.1, 0.15) is 34.3 Å². The van der Waals surface area contributed by atoms with Crippen molar-refractivity contribution in [1.29, 1.82) is 0 Å². The number of hydrogen-bond donors (Lipinski definition) is 1. The second-order valence-electron chi connectivity index (χ2n) is 8.67. The van der Waals surface area contributed by atoms with Gasteiger partial charge in [0.25, 0.3) is 5.91 Å². The number of rotatable bonds is 5. The van der Waals surface area contributed by atoms with Crippen LogP contribution in [-0.2, 0) is 15.1 Å². The maximum absolute atomic E-state index is 14.5. The Morgan fingerprint density at radius 3 is 2.58 bits per heavy atom. The summed E-state index contributed by atoms with van der Waals surface area (Å²) >= 11 is 6.40. The molecule has 0 spiro atoms. The van der Waals surface area contributed by atoms with Crippen LogP contribution in [0.25, 0.3) is 11.1 Å². The lowest BCUT2D eigenvalue weighted by molar-refractivity contribution is -0.274. The van der Waals surface area contributed by atoms with Gasteiger partial charge >= 0.3 is 12.1 Å². The van der Waals surface area contributed by atoms with Gasteiger partial charge in [-0.2, -0.15) is 13.2 Å². The van der Waals surface area contributed by atoms with Crippen molar-refractivity contribution < 1.29 is 41.7 Å². The molecule has 0 radical (unpaired) electrons. The van der Waals surface area contributed by atoms with Crippen molar-refractivity contribution in [1.82, 2.24) is 4.98 Å². The van der Waals surface area contributed by atoms with Gasteiger partial charge < -0.3 is 19.5 Å². The third kappa shape index (κ3) is 4.45. The number of esters is 1. The average molecular weight is 553 g/mol. The number of alkyl halides is 3. The predicted octanol–water partition coefficient (Wildman–Crippen LogP) is 5.24. The van der Waals surface area contributed by atoms with E-state index in [1.165, 1.54) is 37.4 Å². The summed E-state index contributed by atoms with van der Waals surface area (Å²) < 4.78 is 67.7. The first kappa shape index (κ1) is 27.3. The molecule has 7 nitrogen and oxygen atoms in total. The number of aromatic nitrogens is 1. The standard InChI is InChI=1S/C26H21ClF4N2O5/c1-13(16-8-7-14(9-18(16)27)17-5-4-6-19(28)22(17)24(35)37-3)25(36,26(29,30)31)15-10-20-23(32-11-15)38-12-21(34)33(20)2/h4-11,13,36H,12H2,1-3H3. The van der Waals surface area contributed by atoms with Gasteiger partial charge in [-0.25, -0.2) is 14.2 Å². The maximum Gasteiger partial charge on any atom is 0.422 e. The number of nitrogens with zero attached hydrogens (tertiary/aromatic N) is 2. The van der Waals surface area contributed by atoms with E-state index in [2.05, 4.69) is 9.72 Å². The molecule has 2 atom stereocenters. The van der Waals surface area contributed by atoms with Crippen LogP contribution in [0.3, 0.4) is 0 Å². The summed E-state index contributed by atoms with van der Waals surface area (Å²) in [6.45, 7) is 0.821. The fraction of sp³-hybridized carbons (Fsp3) is 0.269. The Morgan fingerprint density at radius 1 is 1.24 bits per heavy atom. The number of ether oxygens (including phenoxy) is 2. The van der Waals surface area contributed by atoms with Crippen molar-refractivity contribution in [3.63, 3.8) is 0 Å². The van der Waals surface area contributed by atoms with Crippen LogP contribution in [0.5, 0.6) is 5.88 Å². The number of methoxy groups -OCH3 is 1. The largest absolute Gasteiger partial charge is 0.466 e. The highest BCUT2D eigenvalue weighted by atomic mass is 35.5. The molecular weight excluding hydrogens is 532 g/mol. The molecule has 2 unspecified atom stereocenters. The lowest BCUT2D eigenvalue weighted by Crippen LogP contribution is -2.47. The van der Waals surface area contributed by atoms with E-state index in [0.717, 1.165) is 37.3 Å². The van der Waals surface area contributed by atoms with Crippen molar-refractivity contribution in [2.24, 2.45) is 0 Å². The molecule has 0 bridgehead atoms. The molecule has 1 aromatic heterocycles. The molecule has 1 aliphatic heterocycles. The highest BCUT2D eigenvalue weighted by Gasteiger charge is 2.59. The first-order chi connectivity index (χ1) is 17.8. The summed E-state index contributed by atoms with van der Waals surface area (Å²) in [4.78, 5) is 29.1. The Bertz CT molecular complexity index is 1430. The van der Waals surface area contributed by atoms with E-state index in [9.17, 15) is 32.3 Å². The summed E-state index contributed by atoms with van der Waals surface area (Å²) in [7, 11) is 2.44. The van der Waals surface area contributed by atoms with Crippen molar-refractivity contribution in [3.05, 3.63) is 76.2 Å². The van der Waals surface area contributed by atoms with Gasteiger partial charge in [0.1, 0.15) is 17.1 Å². The third-order valence-corrected chi connectivity index (χ3v) is 6.91. The second kappa shape index (κ2) is 9.88. The molecular formula is C26H21ClF4N2O5. The average Bonchev–Trinajstić information content (AvgIpc) is 2.88. The van der Waals surface area contributed by atoms with Gasteiger partial charge in [-0.05, 0) is 34.9 Å². The molecule has 12 heteroatoms. The molecule has 1 N–H and O–H groups in total. The van der Waals surface area contributed by atoms with E-state index in [-0.39, 0.29) is 45.5 Å². The van der Waals surface area contributed by atoms with E-state index in [0.29, 0.717) is 0 Å². The van der Waals surface area contributed by atoms with Crippen LogP contribution in [0.4, 0.5) is 23.2 Å². The summed E-state index contributed by atoms with van der Waals surface area (Å²) in [5.41, 5.74) is -4.21. The predicted molar refractivity (Wildman–Crippen MR) is 130 cm³/mol. The highest BCUT2D eigenvalue weighted by molar-refractivity contribution is 6.31. The molecule has 200 valence electrons. The molecule has 2 aromatic carbocycles. The minimum atomic E-state index is -5.19. The van der Waals surface area contributed by atoms with Crippen molar-refractivity contribution in [2.45, 2.75) is 24.6 Å². The number of fused-ring (bicyclic) bond motifs is 1. The lowest BCUT2D eigenvalue weighted by atomic mass is 9.77. The van der Waals surface area contributed by atoms with Crippen LogP contribution in [-0.4, -0.2) is 48.9 Å². The molecule has 3 aromatic rings. The number of pyridine rings is 1. The first-order valence-corrected chi connectivity index (χ1v) is 11.5. The minimum absolute atomic E-state index is 0.0310. The SMILES string of the molecule is COC(=O)c1c(F)cccc1-c1ccc(C(C)C(O)(c2cnc3c(c2)N(C)C(=O)CO3)C(F)(F)F)c(Cl)c1. The van der Waals surface area contributed by atoms with Gasteiger partial charge in [-0.3, -0.25) is 4.79 Å². The van der Waals surface area contributed by atoms with Gasteiger partial charge in [0.2, 0.25) is 5.88 Å². The van der Waals surface area contributed by atoms with Gasteiger partial charge in [0.15, 0.2) is 12.2 Å². The Balaban J connectivity index is 1.81. The first-order valence-electron chi connectivity index (χ1n) is 11.2. The number of likely N-dealkylation sites (N-methyl/N-ethyl adjacent to an activating group) is 1. The maximum atomic E-state index is 14.5. The van der Waals surface area contributed by atoms with Gasteiger partial charge in [-0.1, -0.05) is 42.8 Å². The van der Waals surface area contributed by atoms with Gasteiger partial charge in [0, 0.05) is 29.7 Å². The second-order valence-corrected chi connectivity index (χ2v) is 9.07. The number of anilines is 1. The smallest absolute Gasteiger partial charge is 0.422 e. The number of carbonyl (C=O) groups is 2. The van der Waals surface area contributed by atoms with Crippen LogP contribution in [0.15, 0.2) is 48.7 Å². The zero-order chi connectivity index (χ0) is 28.0. The molecule has 2 heterocycles. The lowest BCUT2D eigenvalue weighted by Gasteiger charge is -2.37. The molecule has 1 aliphatic rings. The Labute approximate surface area is 219 Å². The zero-order valence-electron chi connectivity index (χ0n) is 20.3. The molecule has 0 saturated heterocycles. The monoisotopic (exact) mass is 552 g/mol. The number of carbonyl (C=O) groups excluding carboxylic acids is 2. The third-order valence-electron chi connectivity index (χ3n) is 6.58. The molecule has 38 heavy (non-hydrogen) atoms. The van der Waals surface area contributed by atoms with Crippen molar-refractivity contribution in [2.75, 3.05) is 25.7 Å². The van der Waals surface area contributed by atoms with Crippen molar-refractivity contribution in [3.8, 4) is 17.0 Å². The molecule has 4 rings (SSSR count). The van der Waals surface area contributed by atoms with Crippen LogP contribution < -0.4 is 9.64 Å². The minimum Gasteiger partial charge on any atom is -0.466 e. The van der Waals surface area contributed by atoms with Crippen LogP contribution in [0, 0.1) is 5.82 Å². The topological polar surface area (TPSA) is 89.0 Å². The number of amides is 1. The fourth-order valence-corrected chi connectivity index (χ4v) is 4.71. The Hall–Kier alpha value is -3.70. The molecule has 0 fully saturated rings. The summed E-state index contributed by atoms with van der Waals surface area (Å²) in [5, 5.41) is 11.0. The summed E-state index contributed by atoms with van der Waals surface area (Å²) in [6.07, 6.45) is -4.35. The summed E-state index contributed by atoms with van der Waals surface area (Å²) in [6, 6.07) is 8.77. The quantitative estimate of drug-likeness (QED) is 0.344. The van der Waals surface area contributed by atoms with Gasteiger partial charge in [-0.15, -0.1) is 0 Å². The highest BCUT2D eigenvalue weighted by Crippen LogP contribution is 2.51. The molecule has 0 aliphatic carbocycles. The van der Waals surface area contributed by atoms with Crippen molar-refractivity contribution >= 4 is 29.2 Å². The van der Waals surface area contributed by atoms with E-state index in [1.807, 2.05) is 0 Å². The van der Waals surface area contributed by atoms with E-state index in [1.54, 1.807) is 0 Å². The van der Waals surface area contributed by atoms with Crippen LogP contribution >= 0.6 is 11.6 Å². The van der Waals surface area contributed by atoms with Crippen LogP contribution in [0.2, 0.25) is 5.02 Å². The normalized spacial score (nSPS) is 15.8. The fourth-order valence-electron chi connectivity index (χ4n) is 4.37. The van der Waals surface area contributed by atoms with E-state index < -0.39 is 41.0 Å². The number of halogens is 5. The Morgan fingerprint density at radius 2 is 1.95 bits per heavy atom. The van der Waals surface area contributed by atoms with E-state index in [4.69, 9.17) is 16.3 Å². The summed E-state index contributed by atoms with van der Waals surface area (Å²) in [5.74, 6) is -4.00. The zero-order valence-corrected chi connectivity index (χ0v) is 21.0. The molecule has 1 amide bonds. The van der Waals surface area contributed by atoms with Gasteiger partial charge in [0.05, 0.1) is 7.11 Å². The number of benzene rings is 2. The molecule has 0 saturated carbocycles.